The van der Waals surface area contributed by atoms with Gasteiger partial charge >= 0.3 is 0 Å². The first-order valence-corrected chi connectivity index (χ1v) is 6.74. The maximum absolute atomic E-state index is 12.5. The van der Waals surface area contributed by atoms with Crippen molar-refractivity contribution < 1.29 is 4.79 Å². The molecule has 0 aliphatic heterocycles. The van der Waals surface area contributed by atoms with Crippen molar-refractivity contribution in [1.82, 2.24) is 0 Å². The highest BCUT2D eigenvalue weighted by atomic mass is 35.5. The van der Waals surface area contributed by atoms with Crippen LogP contribution in [0.1, 0.15) is 41.5 Å². The van der Waals surface area contributed by atoms with Crippen molar-refractivity contribution in [1.29, 1.82) is 0 Å². The minimum absolute atomic E-state index is 0.0910. The Kier molecular flexibility index (Phi) is 4.19. The quantitative estimate of drug-likeness (QED) is 0.598. The van der Waals surface area contributed by atoms with Gasteiger partial charge in [-0.2, -0.15) is 0 Å². The fraction of sp³-hybridized carbons (Fsp3) is 0.533. The summed E-state index contributed by atoms with van der Waals surface area (Å²) in [6.07, 6.45) is 3.60. The predicted octanol–water partition coefficient (Wildman–Crippen LogP) is 5.20. The lowest BCUT2D eigenvalue weighted by Gasteiger charge is -2.31. The number of carbonyl (C=O) groups excluding carboxylic acids is 1. The molecule has 0 atom stereocenters. The van der Waals surface area contributed by atoms with E-state index < -0.39 is 0 Å². The molecule has 0 amide bonds. The van der Waals surface area contributed by atoms with Gasteiger partial charge in [-0.1, -0.05) is 64.7 Å². The molecule has 0 saturated heterocycles. The Morgan fingerprint density at radius 2 is 1.22 bits per heavy atom. The Morgan fingerprint density at radius 3 is 1.44 bits per heavy atom. The van der Waals surface area contributed by atoms with Crippen molar-refractivity contribution in [3.05, 3.63) is 33.4 Å². The SMILES string of the molecule is CC(C)(C)C1=CC(=C(Cl)Cl)C=C(C(C)(C)C)C1=O. The van der Waals surface area contributed by atoms with E-state index in [9.17, 15) is 4.79 Å². The van der Waals surface area contributed by atoms with E-state index >= 15 is 0 Å². The molecule has 0 fully saturated rings. The molecule has 3 heteroatoms. The zero-order chi connectivity index (χ0) is 14.3. The van der Waals surface area contributed by atoms with Crippen LogP contribution in [0, 0.1) is 10.8 Å². The van der Waals surface area contributed by atoms with Gasteiger partial charge in [0.05, 0.1) is 0 Å². The van der Waals surface area contributed by atoms with Gasteiger partial charge in [-0.15, -0.1) is 0 Å². The third-order valence-corrected chi connectivity index (χ3v) is 3.36. The van der Waals surface area contributed by atoms with E-state index in [1.165, 1.54) is 0 Å². The van der Waals surface area contributed by atoms with Gasteiger partial charge in [-0.25, -0.2) is 0 Å². The van der Waals surface area contributed by atoms with E-state index in [4.69, 9.17) is 23.2 Å². The first-order valence-electron chi connectivity index (χ1n) is 5.99. The first-order chi connectivity index (χ1) is 7.94. The number of halogens is 2. The number of Topliss-reactive ketones (excluding diaryl/α,β-unsaturated/α-hetero) is 1. The number of hydrogen-bond donors (Lipinski definition) is 0. The van der Waals surface area contributed by atoms with Crippen molar-refractivity contribution >= 4 is 29.0 Å². The van der Waals surface area contributed by atoms with Gasteiger partial charge in [0.1, 0.15) is 4.49 Å². The maximum atomic E-state index is 12.5. The standard InChI is InChI=1S/C15H20Cl2O/c1-14(2,3)10-7-9(13(16)17)8-11(12(10)18)15(4,5)6/h7-8H,1-6H3. The Labute approximate surface area is 120 Å². The first kappa shape index (κ1) is 15.5. The van der Waals surface area contributed by atoms with E-state index in [0.29, 0.717) is 5.57 Å². The smallest absolute Gasteiger partial charge is 0.186 e. The third kappa shape index (κ3) is 3.27. The molecule has 0 unspecified atom stereocenters. The highest BCUT2D eigenvalue weighted by Gasteiger charge is 2.34. The van der Waals surface area contributed by atoms with E-state index in [1.54, 1.807) is 12.2 Å². The fourth-order valence-corrected chi connectivity index (χ4v) is 2.07. The molecule has 1 nitrogen and oxygen atoms in total. The monoisotopic (exact) mass is 286 g/mol. The fourth-order valence-electron chi connectivity index (χ4n) is 1.85. The summed E-state index contributed by atoms with van der Waals surface area (Å²) in [5.41, 5.74) is 1.77. The zero-order valence-electron chi connectivity index (χ0n) is 11.8. The van der Waals surface area contributed by atoms with Gasteiger partial charge in [-0.3, -0.25) is 4.79 Å². The molecule has 1 aliphatic rings. The zero-order valence-corrected chi connectivity index (χ0v) is 13.3. The van der Waals surface area contributed by atoms with Gasteiger partial charge in [0.25, 0.3) is 0 Å². The highest BCUT2D eigenvalue weighted by molar-refractivity contribution is 6.56. The van der Waals surface area contributed by atoms with E-state index in [2.05, 4.69) is 0 Å². The maximum Gasteiger partial charge on any atom is 0.186 e. The molecule has 0 aromatic heterocycles. The molecule has 0 saturated carbocycles. The normalized spacial score (nSPS) is 17.6. The highest BCUT2D eigenvalue weighted by Crippen LogP contribution is 2.40. The van der Waals surface area contributed by atoms with Crippen LogP contribution in [0.4, 0.5) is 0 Å². The molecule has 0 N–H and O–H groups in total. The van der Waals surface area contributed by atoms with Crippen LogP contribution < -0.4 is 0 Å². The average molecular weight is 287 g/mol. The van der Waals surface area contributed by atoms with Crippen LogP contribution in [-0.2, 0) is 4.79 Å². The summed E-state index contributed by atoms with van der Waals surface area (Å²) in [4.78, 5) is 12.5. The lowest BCUT2D eigenvalue weighted by molar-refractivity contribution is -0.114. The van der Waals surface area contributed by atoms with Gasteiger partial charge < -0.3 is 0 Å². The second-order valence-electron chi connectivity index (χ2n) is 6.66. The van der Waals surface area contributed by atoms with Gasteiger partial charge in [-0.05, 0) is 23.0 Å². The van der Waals surface area contributed by atoms with Crippen LogP contribution in [-0.4, -0.2) is 5.78 Å². The summed E-state index contributed by atoms with van der Waals surface area (Å²) in [6, 6.07) is 0. The number of carbonyl (C=O) groups is 1. The molecule has 0 aromatic carbocycles. The number of hydrogen-bond acceptors (Lipinski definition) is 1. The lowest BCUT2D eigenvalue weighted by atomic mass is 9.72. The third-order valence-electron chi connectivity index (χ3n) is 2.92. The lowest BCUT2D eigenvalue weighted by Crippen LogP contribution is -2.28. The molecular weight excluding hydrogens is 267 g/mol. The van der Waals surface area contributed by atoms with Gasteiger partial charge in [0.15, 0.2) is 5.78 Å². The van der Waals surface area contributed by atoms with Crippen LogP contribution in [0.2, 0.25) is 0 Å². The molecule has 1 rings (SSSR count). The van der Waals surface area contributed by atoms with Crippen molar-refractivity contribution in [3.8, 4) is 0 Å². The van der Waals surface area contributed by atoms with Crippen molar-refractivity contribution in [2.24, 2.45) is 10.8 Å². The summed E-state index contributed by atoms with van der Waals surface area (Å²) in [5.74, 6) is 0.0910. The van der Waals surface area contributed by atoms with Crippen molar-refractivity contribution in [2.45, 2.75) is 41.5 Å². The number of rotatable bonds is 0. The second kappa shape index (κ2) is 4.86. The molecule has 18 heavy (non-hydrogen) atoms. The molecule has 1 aliphatic carbocycles. The Morgan fingerprint density at radius 1 is 0.889 bits per heavy atom. The summed E-state index contributed by atoms with van der Waals surface area (Å²) < 4.78 is 0.200. The Balaban J connectivity index is 3.45. The topological polar surface area (TPSA) is 17.1 Å². The van der Waals surface area contributed by atoms with Crippen LogP contribution in [0.5, 0.6) is 0 Å². The van der Waals surface area contributed by atoms with E-state index in [0.717, 1.165) is 11.1 Å². The van der Waals surface area contributed by atoms with Crippen LogP contribution in [0.25, 0.3) is 0 Å². The van der Waals surface area contributed by atoms with Crippen molar-refractivity contribution in [3.63, 3.8) is 0 Å². The number of ketones is 1. The minimum atomic E-state index is -0.226. The molecular formula is C15H20Cl2O. The largest absolute Gasteiger partial charge is 0.289 e. The van der Waals surface area contributed by atoms with E-state index in [1.807, 2.05) is 41.5 Å². The average Bonchev–Trinajstić information content (AvgIpc) is 2.13. The summed E-state index contributed by atoms with van der Waals surface area (Å²) in [5, 5.41) is 0. The van der Waals surface area contributed by atoms with Gasteiger partial charge in [0, 0.05) is 16.7 Å². The van der Waals surface area contributed by atoms with Gasteiger partial charge in [0.2, 0.25) is 0 Å². The van der Waals surface area contributed by atoms with Crippen LogP contribution in [0.15, 0.2) is 33.4 Å². The predicted molar refractivity (Wildman–Crippen MR) is 78.8 cm³/mol. The molecule has 0 spiro atoms. The summed E-state index contributed by atoms with van der Waals surface area (Å²) >= 11 is 11.8. The molecule has 0 bridgehead atoms. The Hall–Kier alpha value is -0.530. The number of allylic oxidation sites excluding steroid dienone is 5. The molecule has 0 radical (unpaired) electrons. The minimum Gasteiger partial charge on any atom is -0.289 e. The van der Waals surface area contributed by atoms with Crippen LogP contribution >= 0.6 is 23.2 Å². The molecule has 100 valence electrons. The second-order valence-corrected chi connectivity index (χ2v) is 7.61. The van der Waals surface area contributed by atoms with E-state index in [-0.39, 0.29) is 21.1 Å². The Bertz CT molecular complexity index is 426. The summed E-state index contributed by atoms with van der Waals surface area (Å²) in [6.45, 7) is 12.1. The summed E-state index contributed by atoms with van der Waals surface area (Å²) in [7, 11) is 0. The van der Waals surface area contributed by atoms with Crippen molar-refractivity contribution in [2.75, 3.05) is 0 Å². The molecule has 0 heterocycles. The van der Waals surface area contributed by atoms with Crippen LogP contribution in [0.3, 0.4) is 0 Å². The molecule has 0 aromatic rings.